The first-order valence-corrected chi connectivity index (χ1v) is 9.22. The number of amides is 1. The highest BCUT2D eigenvalue weighted by molar-refractivity contribution is 5.95. The summed E-state index contributed by atoms with van der Waals surface area (Å²) in [5, 5.41) is 15.8. The number of methoxy groups -OCH3 is 2. The lowest BCUT2D eigenvalue weighted by Crippen LogP contribution is -2.34. The molecule has 8 heteroatoms. The van der Waals surface area contributed by atoms with Crippen molar-refractivity contribution in [1.82, 2.24) is 10.6 Å². The lowest BCUT2D eigenvalue weighted by molar-refractivity contribution is 0.0926. The molecule has 3 rings (SSSR count). The highest BCUT2D eigenvalue weighted by Gasteiger charge is 2.25. The predicted molar refractivity (Wildman–Crippen MR) is 112 cm³/mol. The van der Waals surface area contributed by atoms with Crippen LogP contribution in [0.3, 0.4) is 0 Å². The Hall–Kier alpha value is -2.48. The van der Waals surface area contributed by atoms with E-state index in [9.17, 15) is 9.90 Å². The molecule has 1 saturated heterocycles. The van der Waals surface area contributed by atoms with Crippen molar-refractivity contribution < 1.29 is 24.1 Å². The van der Waals surface area contributed by atoms with E-state index in [1.54, 1.807) is 12.1 Å². The smallest absolute Gasteiger partial charge is 0.251 e. The van der Waals surface area contributed by atoms with Crippen molar-refractivity contribution in [3.05, 3.63) is 53.6 Å². The van der Waals surface area contributed by atoms with Crippen molar-refractivity contribution in [2.45, 2.75) is 12.7 Å². The average Bonchev–Trinajstić information content (AvgIpc) is 3.15. The van der Waals surface area contributed by atoms with Crippen molar-refractivity contribution in [3.63, 3.8) is 0 Å². The molecule has 29 heavy (non-hydrogen) atoms. The molecular formula is C21H27ClN2O5. The summed E-state index contributed by atoms with van der Waals surface area (Å²) in [5.74, 6) is 1.03. The number of hydrogen-bond acceptors (Lipinski definition) is 6. The number of carbonyl (C=O) groups excluding carboxylic acids is 1. The van der Waals surface area contributed by atoms with E-state index < -0.39 is 6.10 Å². The Morgan fingerprint density at radius 1 is 1.14 bits per heavy atom. The fourth-order valence-electron chi connectivity index (χ4n) is 3.14. The zero-order chi connectivity index (χ0) is 19.9. The van der Waals surface area contributed by atoms with Crippen molar-refractivity contribution in [2.75, 3.05) is 33.9 Å². The molecule has 1 amide bonds. The number of β-amino-alcohol motifs (C(OH)–C–C–N with tert-alkyl or cyclic N) is 1. The normalized spacial score (nSPS) is 17.9. The number of rotatable bonds is 8. The standard InChI is InChI=1S/C21H26N2O5.ClH/c1-26-18-8-15(21(25)23-11-16-10-22-12-17(16)24)9-19(27-2)20(18)28-13-14-6-4-3-5-7-14;/h3-9,16-17,22,24H,10-13H2,1-2H3,(H,23,25);1H. The van der Waals surface area contributed by atoms with Crippen LogP contribution in [0.15, 0.2) is 42.5 Å². The average molecular weight is 423 g/mol. The number of benzene rings is 2. The second-order valence-electron chi connectivity index (χ2n) is 6.68. The summed E-state index contributed by atoms with van der Waals surface area (Å²) in [4.78, 5) is 12.6. The highest BCUT2D eigenvalue weighted by atomic mass is 35.5. The van der Waals surface area contributed by atoms with Crippen molar-refractivity contribution in [2.24, 2.45) is 5.92 Å². The van der Waals surface area contributed by atoms with Gasteiger partial charge in [0.1, 0.15) is 6.61 Å². The van der Waals surface area contributed by atoms with Crippen LogP contribution in [0.25, 0.3) is 0 Å². The molecule has 158 valence electrons. The minimum absolute atomic E-state index is 0. The molecule has 2 aromatic rings. The van der Waals surface area contributed by atoms with Crippen LogP contribution in [0.4, 0.5) is 0 Å². The quantitative estimate of drug-likeness (QED) is 0.603. The Labute approximate surface area is 176 Å². The number of ether oxygens (including phenoxy) is 3. The van der Waals surface area contributed by atoms with Gasteiger partial charge in [0.2, 0.25) is 5.75 Å². The third-order valence-corrected chi connectivity index (χ3v) is 4.78. The molecule has 0 spiro atoms. The fraction of sp³-hybridized carbons (Fsp3) is 0.381. The first-order valence-electron chi connectivity index (χ1n) is 9.22. The third kappa shape index (κ3) is 5.76. The van der Waals surface area contributed by atoms with E-state index in [1.807, 2.05) is 30.3 Å². The van der Waals surface area contributed by atoms with Gasteiger partial charge in [-0.15, -0.1) is 12.4 Å². The molecule has 1 heterocycles. The molecule has 2 unspecified atom stereocenters. The molecule has 0 aromatic heterocycles. The Morgan fingerprint density at radius 2 is 1.79 bits per heavy atom. The second kappa shape index (κ2) is 10.9. The minimum Gasteiger partial charge on any atom is -0.493 e. The molecule has 1 aliphatic heterocycles. The van der Waals surface area contributed by atoms with E-state index in [0.717, 1.165) is 5.56 Å². The van der Waals surface area contributed by atoms with Gasteiger partial charge in [-0.2, -0.15) is 0 Å². The van der Waals surface area contributed by atoms with Gasteiger partial charge in [0, 0.05) is 31.1 Å². The monoisotopic (exact) mass is 422 g/mol. The number of carbonyl (C=O) groups is 1. The highest BCUT2D eigenvalue weighted by Crippen LogP contribution is 2.39. The SMILES string of the molecule is COc1cc(C(=O)NCC2CNCC2O)cc(OC)c1OCc1ccccc1.Cl. The number of hydrogen-bond donors (Lipinski definition) is 3. The molecule has 2 aromatic carbocycles. The fourth-order valence-corrected chi connectivity index (χ4v) is 3.14. The number of halogens is 1. The largest absolute Gasteiger partial charge is 0.493 e. The van der Waals surface area contributed by atoms with Gasteiger partial charge in [-0.3, -0.25) is 4.79 Å². The van der Waals surface area contributed by atoms with Gasteiger partial charge in [-0.1, -0.05) is 30.3 Å². The van der Waals surface area contributed by atoms with Gasteiger partial charge in [0.25, 0.3) is 5.91 Å². The summed E-state index contributed by atoms with van der Waals surface area (Å²) >= 11 is 0. The Balaban J connectivity index is 0.00000300. The van der Waals surface area contributed by atoms with Crippen LogP contribution in [0.2, 0.25) is 0 Å². The Bertz CT molecular complexity index is 778. The van der Waals surface area contributed by atoms with Crippen molar-refractivity contribution in [3.8, 4) is 17.2 Å². The second-order valence-corrected chi connectivity index (χ2v) is 6.68. The number of aliphatic hydroxyl groups excluding tert-OH is 1. The van der Waals surface area contributed by atoms with Crippen molar-refractivity contribution in [1.29, 1.82) is 0 Å². The van der Waals surface area contributed by atoms with E-state index >= 15 is 0 Å². The summed E-state index contributed by atoms with van der Waals surface area (Å²) in [6, 6.07) is 13.0. The van der Waals surface area contributed by atoms with E-state index in [1.165, 1.54) is 14.2 Å². The number of nitrogens with one attached hydrogen (secondary N) is 2. The Kier molecular flexibility index (Phi) is 8.57. The third-order valence-electron chi connectivity index (χ3n) is 4.78. The molecule has 7 nitrogen and oxygen atoms in total. The van der Waals surface area contributed by atoms with Crippen LogP contribution in [-0.4, -0.2) is 51.0 Å². The lowest BCUT2D eigenvalue weighted by Gasteiger charge is -2.17. The van der Waals surface area contributed by atoms with E-state index in [4.69, 9.17) is 14.2 Å². The topological polar surface area (TPSA) is 89.1 Å². The maximum atomic E-state index is 12.6. The summed E-state index contributed by atoms with van der Waals surface area (Å²) in [6.07, 6.45) is -0.446. The van der Waals surface area contributed by atoms with Crippen LogP contribution >= 0.6 is 12.4 Å². The van der Waals surface area contributed by atoms with Crippen LogP contribution in [0, 0.1) is 5.92 Å². The van der Waals surface area contributed by atoms with Gasteiger partial charge in [-0.25, -0.2) is 0 Å². The molecule has 0 radical (unpaired) electrons. The van der Waals surface area contributed by atoms with Gasteiger partial charge >= 0.3 is 0 Å². The summed E-state index contributed by atoms with van der Waals surface area (Å²) in [6.45, 7) is 1.98. The van der Waals surface area contributed by atoms with Gasteiger partial charge in [0.05, 0.1) is 20.3 Å². The molecule has 1 fully saturated rings. The van der Waals surface area contributed by atoms with Crippen LogP contribution in [0.5, 0.6) is 17.2 Å². The number of aliphatic hydroxyl groups is 1. The minimum atomic E-state index is -0.446. The predicted octanol–water partition coefficient (Wildman–Crippen LogP) is 2.01. The summed E-state index contributed by atoms with van der Waals surface area (Å²) < 4.78 is 16.8. The zero-order valence-electron chi connectivity index (χ0n) is 16.5. The molecule has 3 N–H and O–H groups in total. The Morgan fingerprint density at radius 3 is 2.34 bits per heavy atom. The van der Waals surface area contributed by atoms with Crippen LogP contribution in [-0.2, 0) is 6.61 Å². The molecule has 2 atom stereocenters. The first kappa shape index (κ1) is 22.8. The molecule has 0 saturated carbocycles. The maximum absolute atomic E-state index is 12.6. The van der Waals surface area contributed by atoms with Crippen LogP contribution in [0.1, 0.15) is 15.9 Å². The molecule has 0 aliphatic carbocycles. The van der Waals surface area contributed by atoms with Gasteiger partial charge < -0.3 is 30.0 Å². The van der Waals surface area contributed by atoms with E-state index in [-0.39, 0.29) is 24.2 Å². The van der Waals surface area contributed by atoms with Gasteiger partial charge in [0.15, 0.2) is 11.5 Å². The van der Waals surface area contributed by atoms with Gasteiger partial charge in [-0.05, 0) is 17.7 Å². The zero-order valence-corrected chi connectivity index (χ0v) is 17.3. The van der Waals surface area contributed by atoms with Crippen LogP contribution < -0.4 is 24.8 Å². The van der Waals surface area contributed by atoms with E-state index in [2.05, 4.69) is 10.6 Å². The molecular weight excluding hydrogens is 396 g/mol. The molecule has 1 aliphatic rings. The van der Waals surface area contributed by atoms with E-state index in [0.29, 0.717) is 49.1 Å². The summed E-state index contributed by atoms with van der Waals surface area (Å²) in [5.41, 5.74) is 1.42. The lowest BCUT2D eigenvalue weighted by atomic mass is 10.1. The first-order chi connectivity index (χ1) is 13.6. The maximum Gasteiger partial charge on any atom is 0.251 e. The molecule has 0 bridgehead atoms. The van der Waals surface area contributed by atoms with Crippen molar-refractivity contribution >= 4 is 18.3 Å². The summed E-state index contributed by atoms with van der Waals surface area (Å²) in [7, 11) is 3.04.